The van der Waals surface area contributed by atoms with E-state index in [-0.39, 0.29) is 35.0 Å². The van der Waals surface area contributed by atoms with Gasteiger partial charge < -0.3 is 15.0 Å². The average molecular weight is 448 g/mol. The van der Waals surface area contributed by atoms with E-state index in [0.717, 1.165) is 19.3 Å². The highest BCUT2D eigenvalue weighted by Gasteiger charge is 2.30. The van der Waals surface area contributed by atoms with Crippen molar-refractivity contribution in [3.05, 3.63) is 40.2 Å². The number of carbonyl (C=O) groups is 1. The summed E-state index contributed by atoms with van der Waals surface area (Å²) in [4.78, 5) is 29.0. The summed E-state index contributed by atoms with van der Waals surface area (Å²) in [5.41, 5.74) is 0.0165. The van der Waals surface area contributed by atoms with Gasteiger partial charge >= 0.3 is 0 Å². The predicted octanol–water partition coefficient (Wildman–Crippen LogP) is 2.10. The molecule has 1 saturated heterocycles. The lowest BCUT2D eigenvalue weighted by Crippen LogP contribution is -2.44. The fourth-order valence-electron chi connectivity index (χ4n) is 4.49. The van der Waals surface area contributed by atoms with Gasteiger partial charge in [-0.25, -0.2) is 8.42 Å². The molecular weight excluding hydrogens is 418 g/mol. The lowest BCUT2D eigenvalue weighted by molar-refractivity contribution is 0.0730. The first-order valence-electron chi connectivity index (χ1n) is 10.8. The standard InChI is InChI=1S/C22H29N3O5S/c1-14-4-3-5-19(15(14)2)24-22(27)18-13-23-20-7-6-16(12-17(20)21(18)26)31(28,29)25-8-10-30-11-9-25/h6-7,12-15,19H,3-5,8-11H2,1-2H3,(H,23,26)(H,24,27). The van der Waals surface area contributed by atoms with Crippen molar-refractivity contribution in [2.24, 2.45) is 11.8 Å². The number of nitrogens with one attached hydrogen (secondary N) is 2. The maximum atomic E-state index is 13.1. The molecule has 2 aromatic rings. The molecule has 1 saturated carbocycles. The Morgan fingerprint density at radius 2 is 1.94 bits per heavy atom. The molecule has 4 rings (SSSR count). The van der Waals surface area contributed by atoms with Gasteiger partial charge in [0.1, 0.15) is 5.56 Å². The molecule has 3 unspecified atom stereocenters. The molecule has 9 heteroatoms. The van der Waals surface area contributed by atoms with E-state index in [0.29, 0.717) is 30.6 Å². The number of sulfonamides is 1. The Balaban J connectivity index is 1.65. The minimum Gasteiger partial charge on any atom is -0.379 e. The Kier molecular flexibility index (Phi) is 6.18. The van der Waals surface area contributed by atoms with Gasteiger partial charge in [0, 0.05) is 36.2 Å². The SMILES string of the molecule is CC1CCCC(NC(=O)c2c[nH]c3ccc(S(=O)(=O)N4CCOCC4)cc3c2=O)C1C. The number of aromatic amines is 1. The quantitative estimate of drug-likeness (QED) is 0.746. The maximum Gasteiger partial charge on any atom is 0.256 e. The molecule has 1 aliphatic heterocycles. The first-order chi connectivity index (χ1) is 14.8. The number of morpholine rings is 1. The van der Waals surface area contributed by atoms with Crippen molar-refractivity contribution in [3.8, 4) is 0 Å². The number of amides is 1. The molecule has 1 aromatic carbocycles. The molecule has 0 radical (unpaired) electrons. The Bertz CT molecular complexity index is 1140. The summed E-state index contributed by atoms with van der Waals surface area (Å²) in [6.45, 7) is 5.55. The van der Waals surface area contributed by atoms with E-state index in [2.05, 4.69) is 24.1 Å². The van der Waals surface area contributed by atoms with E-state index in [1.807, 2.05) is 0 Å². The van der Waals surface area contributed by atoms with Crippen molar-refractivity contribution in [3.63, 3.8) is 0 Å². The number of fused-ring (bicyclic) bond motifs is 1. The van der Waals surface area contributed by atoms with E-state index >= 15 is 0 Å². The molecule has 1 aromatic heterocycles. The smallest absolute Gasteiger partial charge is 0.256 e. The highest BCUT2D eigenvalue weighted by atomic mass is 32.2. The third-order valence-electron chi connectivity index (χ3n) is 6.73. The summed E-state index contributed by atoms with van der Waals surface area (Å²) >= 11 is 0. The molecule has 1 amide bonds. The molecule has 2 fully saturated rings. The second kappa shape index (κ2) is 8.72. The average Bonchev–Trinajstić information content (AvgIpc) is 2.77. The van der Waals surface area contributed by atoms with E-state index in [1.165, 1.54) is 22.6 Å². The van der Waals surface area contributed by atoms with Crippen LogP contribution < -0.4 is 10.7 Å². The van der Waals surface area contributed by atoms with Gasteiger partial charge in [-0.15, -0.1) is 0 Å². The van der Waals surface area contributed by atoms with E-state index < -0.39 is 21.4 Å². The molecule has 8 nitrogen and oxygen atoms in total. The third-order valence-corrected chi connectivity index (χ3v) is 8.62. The second-order valence-corrected chi connectivity index (χ2v) is 10.5. The third kappa shape index (κ3) is 4.26. The molecule has 31 heavy (non-hydrogen) atoms. The Hall–Kier alpha value is -2.23. The van der Waals surface area contributed by atoms with Gasteiger partial charge in [-0.05, 0) is 36.5 Å². The van der Waals surface area contributed by atoms with Crippen molar-refractivity contribution in [1.29, 1.82) is 0 Å². The number of benzene rings is 1. The zero-order valence-electron chi connectivity index (χ0n) is 17.9. The molecular formula is C22H29N3O5S. The number of ether oxygens (including phenoxy) is 1. The van der Waals surface area contributed by atoms with Gasteiger partial charge in [-0.2, -0.15) is 4.31 Å². The highest BCUT2D eigenvalue weighted by molar-refractivity contribution is 7.89. The van der Waals surface area contributed by atoms with Gasteiger partial charge in [0.05, 0.1) is 18.1 Å². The number of carbonyl (C=O) groups excluding carboxylic acids is 1. The van der Waals surface area contributed by atoms with Gasteiger partial charge in [0.2, 0.25) is 15.5 Å². The zero-order valence-corrected chi connectivity index (χ0v) is 18.7. The van der Waals surface area contributed by atoms with Gasteiger partial charge in [0.15, 0.2) is 0 Å². The molecule has 2 aliphatic rings. The fourth-order valence-corrected chi connectivity index (χ4v) is 5.93. The number of aromatic nitrogens is 1. The first-order valence-corrected chi connectivity index (χ1v) is 12.3. The largest absolute Gasteiger partial charge is 0.379 e. The van der Waals surface area contributed by atoms with E-state index in [9.17, 15) is 18.0 Å². The Morgan fingerprint density at radius 3 is 2.68 bits per heavy atom. The number of rotatable bonds is 4. The van der Waals surface area contributed by atoms with Crippen molar-refractivity contribution < 1.29 is 17.9 Å². The first kappa shape index (κ1) is 22.0. The molecule has 0 spiro atoms. The van der Waals surface area contributed by atoms with Gasteiger partial charge in [-0.1, -0.05) is 26.7 Å². The van der Waals surface area contributed by atoms with Crippen molar-refractivity contribution in [2.45, 2.75) is 44.0 Å². The Labute approximate surface area is 182 Å². The number of pyridine rings is 1. The molecule has 168 valence electrons. The highest BCUT2D eigenvalue weighted by Crippen LogP contribution is 2.29. The fraction of sp³-hybridized carbons (Fsp3) is 0.545. The number of hydrogen-bond acceptors (Lipinski definition) is 5. The second-order valence-electron chi connectivity index (χ2n) is 8.60. The molecule has 3 atom stereocenters. The van der Waals surface area contributed by atoms with Crippen LogP contribution in [0.2, 0.25) is 0 Å². The summed E-state index contributed by atoms with van der Waals surface area (Å²) in [5, 5.41) is 3.21. The van der Waals surface area contributed by atoms with Crippen LogP contribution >= 0.6 is 0 Å². The summed E-state index contributed by atoms with van der Waals surface area (Å²) in [5.74, 6) is 0.430. The van der Waals surface area contributed by atoms with Crippen LogP contribution in [0.25, 0.3) is 10.9 Å². The summed E-state index contributed by atoms with van der Waals surface area (Å²) < 4.78 is 32.5. The number of nitrogens with zero attached hydrogens (tertiary/aromatic N) is 1. The lowest BCUT2D eigenvalue weighted by atomic mass is 9.78. The zero-order chi connectivity index (χ0) is 22.2. The van der Waals surface area contributed by atoms with Crippen molar-refractivity contribution in [2.75, 3.05) is 26.3 Å². The van der Waals surface area contributed by atoms with Crippen molar-refractivity contribution >= 4 is 26.8 Å². The van der Waals surface area contributed by atoms with Crippen LogP contribution in [-0.4, -0.2) is 56.0 Å². The van der Waals surface area contributed by atoms with Crippen molar-refractivity contribution in [1.82, 2.24) is 14.6 Å². The molecule has 2 N–H and O–H groups in total. The topological polar surface area (TPSA) is 109 Å². The Morgan fingerprint density at radius 1 is 1.19 bits per heavy atom. The summed E-state index contributed by atoms with van der Waals surface area (Å²) in [7, 11) is -3.74. The van der Waals surface area contributed by atoms with E-state index in [1.54, 1.807) is 6.07 Å². The minimum atomic E-state index is -3.74. The number of H-pyrrole nitrogens is 1. The van der Waals surface area contributed by atoms with Crippen LogP contribution in [0.1, 0.15) is 43.5 Å². The molecule has 2 heterocycles. The normalized spacial score (nSPS) is 25.4. The number of hydrogen-bond donors (Lipinski definition) is 2. The van der Waals surface area contributed by atoms with E-state index in [4.69, 9.17) is 4.74 Å². The predicted molar refractivity (Wildman–Crippen MR) is 118 cm³/mol. The van der Waals surface area contributed by atoms with Crippen LogP contribution in [0.3, 0.4) is 0 Å². The van der Waals surface area contributed by atoms with Crippen LogP contribution in [0.4, 0.5) is 0 Å². The lowest BCUT2D eigenvalue weighted by Gasteiger charge is -2.34. The van der Waals surface area contributed by atoms with Crippen LogP contribution in [-0.2, 0) is 14.8 Å². The monoisotopic (exact) mass is 447 g/mol. The minimum absolute atomic E-state index is 0.00107. The van der Waals surface area contributed by atoms with Crippen LogP contribution in [0, 0.1) is 11.8 Å². The molecule has 0 bridgehead atoms. The van der Waals surface area contributed by atoms with Gasteiger partial charge in [-0.3, -0.25) is 9.59 Å². The molecule has 1 aliphatic carbocycles. The van der Waals surface area contributed by atoms with Crippen LogP contribution in [0.15, 0.2) is 34.1 Å². The van der Waals surface area contributed by atoms with Gasteiger partial charge in [0.25, 0.3) is 5.91 Å². The van der Waals surface area contributed by atoms with Crippen LogP contribution in [0.5, 0.6) is 0 Å². The summed E-state index contributed by atoms with van der Waals surface area (Å²) in [6.07, 6.45) is 4.50. The summed E-state index contributed by atoms with van der Waals surface area (Å²) in [6, 6.07) is 4.44. The maximum absolute atomic E-state index is 13.1.